The highest BCUT2D eigenvalue weighted by atomic mass is 19.4. The van der Waals surface area contributed by atoms with Gasteiger partial charge in [-0.05, 0) is 63.8 Å². The summed E-state index contributed by atoms with van der Waals surface area (Å²) in [5.74, 6) is 1.03. The standard InChI is InChI=1S/C32H41F3N4O/c1-22-15-31(29-11-7-8-12-30(29)36-22)37-27-16-26(32(33,34)35)17-28(18-27)40-14-13-38-19-24(3)39(20-23(38)2)21-25-9-5-4-6-10-25/h7-8,11-12,15-18,23-25H,4-6,9-10,13-14,19-21H2,1-3H3,(H,36,37)/t23-,24-/m0/s1. The fourth-order valence-electron chi connectivity index (χ4n) is 6.30. The molecule has 216 valence electrons. The first-order chi connectivity index (χ1) is 19.2. The highest BCUT2D eigenvalue weighted by Gasteiger charge is 2.32. The van der Waals surface area contributed by atoms with Gasteiger partial charge in [-0.1, -0.05) is 37.5 Å². The van der Waals surface area contributed by atoms with Crippen LogP contribution in [0.3, 0.4) is 0 Å². The average molecular weight is 555 g/mol. The van der Waals surface area contributed by atoms with Crippen molar-refractivity contribution in [3.05, 3.63) is 59.8 Å². The van der Waals surface area contributed by atoms with Gasteiger partial charge in [-0.2, -0.15) is 13.2 Å². The third-order valence-electron chi connectivity index (χ3n) is 8.47. The van der Waals surface area contributed by atoms with Crippen molar-refractivity contribution in [2.45, 2.75) is 71.1 Å². The van der Waals surface area contributed by atoms with Crippen molar-refractivity contribution in [1.29, 1.82) is 0 Å². The lowest BCUT2D eigenvalue weighted by Gasteiger charge is -2.45. The van der Waals surface area contributed by atoms with Crippen molar-refractivity contribution in [3.63, 3.8) is 0 Å². The number of alkyl halides is 3. The smallest absolute Gasteiger partial charge is 0.416 e. The topological polar surface area (TPSA) is 40.6 Å². The zero-order valence-electron chi connectivity index (χ0n) is 23.8. The Balaban J connectivity index is 1.24. The number of aromatic nitrogens is 1. The van der Waals surface area contributed by atoms with Crippen molar-refractivity contribution in [3.8, 4) is 5.75 Å². The SMILES string of the molecule is Cc1cc(Nc2cc(OCCN3C[C@H](C)N(CC4CCCCC4)C[C@@H]3C)cc(C(F)(F)F)c2)c2ccccc2n1. The summed E-state index contributed by atoms with van der Waals surface area (Å²) in [4.78, 5) is 9.57. The van der Waals surface area contributed by atoms with Gasteiger partial charge in [-0.15, -0.1) is 0 Å². The maximum Gasteiger partial charge on any atom is 0.416 e. The lowest BCUT2D eigenvalue weighted by Crippen LogP contribution is -2.57. The number of benzene rings is 2. The van der Waals surface area contributed by atoms with Crippen LogP contribution in [0.1, 0.15) is 57.2 Å². The first-order valence-electron chi connectivity index (χ1n) is 14.6. The molecule has 5 nitrogen and oxygen atoms in total. The van der Waals surface area contributed by atoms with Gasteiger partial charge in [0.25, 0.3) is 0 Å². The van der Waals surface area contributed by atoms with E-state index in [2.05, 4.69) is 33.9 Å². The van der Waals surface area contributed by atoms with Gasteiger partial charge in [0.05, 0.1) is 11.1 Å². The summed E-state index contributed by atoms with van der Waals surface area (Å²) in [6, 6.07) is 14.1. The van der Waals surface area contributed by atoms with Gasteiger partial charge < -0.3 is 10.1 Å². The molecule has 0 radical (unpaired) electrons. The number of nitrogens with zero attached hydrogens (tertiary/aromatic N) is 3. The van der Waals surface area contributed by atoms with Crippen LogP contribution < -0.4 is 10.1 Å². The largest absolute Gasteiger partial charge is 0.492 e. The molecule has 1 aliphatic carbocycles. The number of pyridine rings is 1. The summed E-state index contributed by atoms with van der Waals surface area (Å²) in [6.45, 7) is 10.6. The second kappa shape index (κ2) is 12.4. The molecule has 1 saturated carbocycles. The highest BCUT2D eigenvalue weighted by molar-refractivity contribution is 5.93. The lowest BCUT2D eigenvalue weighted by atomic mass is 9.88. The van der Waals surface area contributed by atoms with Crippen LogP contribution in [-0.4, -0.2) is 59.7 Å². The summed E-state index contributed by atoms with van der Waals surface area (Å²) in [5.41, 5.74) is 1.88. The Hall–Kier alpha value is -2.84. The number of hydrogen-bond donors (Lipinski definition) is 1. The minimum Gasteiger partial charge on any atom is -0.492 e. The van der Waals surface area contributed by atoms with E-state index in [9.17, 15) is 13.2 Å². The molecule has 2 heterocycles. The van der Waals surface area contributed by atoms with E-state index in [4.69, 9.17) is 4.74 Å². The first-order valence-corrected chi connectivity index (χ1v) is 14.6. The van der Waals surface area contributed by atoms with Crippen molar-refractivity contribution in [2.24, 2.45) is 5.92 Å². The molecule has 1 aromatic heterocycles. The summed E-state index contributed by atoms with van der Waals surface area (Å²) in [5, 5.41) is 4.04. The zero-order valence-corrected chi connectivity index (χ0v) is 23.8. The van der Waals surface area contributed by atoms with E-state index in [1.165, 1.54) is 38.6 Å². The van der Waals surface area contributed by atoms with Crippen LogP contribution in [0.4, 0.5) is 24.5 Å². The van der Waals surface area contributed by atoms with E-state index < -0.39 is 11.7 Å². The van der Waals surface area contributed by atoms with Crippen LogP contribution in [0.15, 0.2) is 48.5 Å². The Kier molecular flexibility index (Phi) is 8.86. The number of para-hydroxylation sites is 1. The second-order valence-electron chi connectivity index (χ2n) is 11.7. The second-order valence-corrected chi connectivity index (χ2v) is 11.7. The van der Waals surface area contributed by atoms with Crippen molar-refractivity contribution < 1.29 is 17.9 Å². The molecule has 0 bridgehead atoms. The van der Waals surface area contributed by atoms with Crippen LogP contribution >= 0.6 is 0 Å². The molecule has 0 amide bonds. The number of nitrogens with one attached hydrogen (secondary N) is 1. The number of fused-ring (bicyclic) bond motifs is 1. The van der Waals surface area contributed by atoms with Gasteiger partial charge in [0.2, 0.25) is 0 Å². The minimum atomic E-state index is -4.48. The van der Waals surface area contributed by atoms with Crippen LogP contribution in [0.2, 0.25) is 0 Å². The molecule has 2 atom stereocenters. The Morgan fingerprint density at radius 3 is 2.45 bits per heavy atom. The normalized spacial score (nSPS) is 21.6. The van der Waals surface area contributed by atoms with E-state index in [-0.39, 0.29) is 5.75 Å². The molecule has 1 aliphatic heterocycles. The summed E-state index contributed by atoms with van der Waals surface area (Å²) >= 11 is 0. The quantitative estimate of drug-likeness (QED) is 0.310. The Morgan fingerprint density at radius 1 is 0.950 bits per heavy atom. The fraction of sp³-hybridized carbons (Fsp3) is 0.531. The third-order valence-corrected chi connectivity index (χ3v) is 8.47. The molecule has 3 aromatic rings. The molecule has 40 heavy (non-hydrogen) atoms. The molecule has 5 rings (SSSR count). The van der Waals surface area contributed by atoms with E-state index in [0.29, 0.717) is 36.6 Å². The van der Waals surface area contributed by atoms with Crippen LogP contribution in [-0.2, 0) is 6.18 Å². The summed E-state index contributed by atoms with van der Waals surface area (Å²) in [6.07, 6.45) is 2.31. The van der Waals surface area contributed by atoms with Gasteiger partial charge in [0, 0.05) is 66.8 Å². The van der Waals surface area contributed by atoms with E-state index in [0.717, 1.165) is 47.7 Å². The molecular weight excluding hydrogens is 513 g/mol. The maximum atomic E-state index is 13.8. The predicted octanol–water partition coefficient (Wildman–Crippen LogP) is 7.66. The molecule has 1 N–H and O–H groups in total. The number of anilines is 2. The van der Waals surface area contributed by atoms with E-state index in [1.807, 2.05) is 37.3 Å². The van der Waals surface area contributed by atoms with Crippen molar-refractivity contribution in [2.75, 3.05) is 38.1 Å². The van der Waals surface area contributed by atoms with E-state index in [1.54, 1.807) is 6.07 Å². The van der Waals surface area contributed by atoms with Gasteiger partial charge in [-0.25, -0.2) is 0 Å². The molecule has 1 saturated heterocycles. The van der Waals surface area contributed by atoms with Gasteiger partial charge in [0.15, 0.2) is 0 Å². The first kappa shape index (κ1) is 28.7. The monoisotopic (exact) mass is 554 g/mol. The number of ether oxygens (including phenoxy) is 1. The van der Waals surface area contributed by atoms with Gasteiger partial charge in [-0.3, -0.25) is 14.8 Å². The Morgan fingerprint density at radius 2 is 1.68 bits per heavy atom. The number of rotatable bonds is 8. The summed E-state index contributed by atoms with van der Waals surface area (Å²) in [7, 11) is 0. The van der Waals surface area contributed by atoms with Crippen molar-refractivity contribution >= 4 is 22.3 Å². The number of hydrogen-bond acceptors (Lipinski definition) is 5. The van der Waals surface area contributed by atoms with Crippen LogP contribution in [0.5, 0.6) is 5.75 Å². The molecule has 0 unspecified atom stereocenters. The average Bonchev–Trinajstić information content (AvgIpc) is 2.91. The summed E-state index contributed by atoms with van der Waals surface area (Å²) < 4.78 is 47.4. The van der Waals surface area contributed by atoms with Gasteiger partial charge >= 0.3 is 6.18 Å². The Labute approximate surface area is 235 Å². The van der Waals surface area contributed by atoms with Crippen LogP contribution in [0, 0.1) is 12.8 Å². The minimum absolute atomic E-state index is 0.212. The number of aryl methyl sites for hydroxylation is 1. The highest BCUT2D eigenvalue weighted by Crippen LogP contribution is 2.36. The zero-order chi connectivity index (χ0) is 28.3. The molecule has 2 aliphatic rings. The third kappa shape index (κ3) is 7.07. The van der Waals surface area contributed by atoms with E-state index >= 15 is 0 Å². The molecule has 2 fully saturated rings. The predicted molar refractivity (Wildman–Crippen MR) is 155 cm³/mol. The Bertz CT molecular complexity index is 1290. The maximum absolute atomic E-state index is 13.8. The molecule has 8 heteroatoms. The van der Waals surface area contributed by atoms with Crippen molar-refractivity contribution in [1.82, 2.24) is 14.8 Å². The number of halogens is 3. The molecule has 2 aromatic carbocycles. The molecule has 0 spiro atoms. The fourth-order valence-corrected chi connectivity index (χ4v) is 6.30. The number of piperazine rings is 1. The molecular formula is C32H41F3N4O. The van der Waals surface area contributed by atoms with Crippen LogP contribution in [0.25, 0.3) is 10.9 Å². The van der Waals surface area contributed by atoms with Gasteiger partial charge in [0.1, 0.15) is 12.4 Å². The lowest BCUT2D eigenvalue weighted by molar-refractivity contribution is -0.137.